The number of nitrogens with zero attached hydrogens (tertiary/aromatic N) is 5. The maximum absolute atomic E-state index is 6.06. The maximum Gasteiger partial charge on any atom is 0.237 e. The van der Waals surface area contributed by atoms with Gasteiger partial charge in [-0.1, -0.05) is 59.9 Å². The Balaban J connectivity index is 1.37. The molecule has 0 bridgehead atoms. The number of rotatable bonds is 6. The average molecular weight is 442 g/mol. The molecule has 1 aromatic carbocycles. The van der Waals surface area contributed by atoms with E-state index < -0.39 is 0 Å². The first-order valence-corrected chi connectivity index (χ1v) is 11.3. The smallest absolute Gasteiger partial charge is 0.237 e. The van der Waals surface area contributed by atoms with Crippen molar-refractivity contribution in [1.29, 1.82) is 0 Å². The molecule has 1 fully saturated rings. The van der Waals surface area contributed by atoms with Gasteiger partial charge in [0.25, 0.3) is 0 Å². The summed E-state index contributed by atoms with van der Waals surface area (Å²) in [4.78, 5) is 4.50. The highest BCUT2D eigenvalue weighted by molar-refractivity contribution is 7.98. The molecule has 0 atom stereocenters. The fourth-order valence-corrected chi connectivity index (χ4v) is 4.84. The summed E-state index contributed by atoms with van der Waals surface area (Å²) in [6.45, 7) is 0. The van der Waals surface area contributed by atoms with E-state index >= 15 is 0 Å². The Morgan fingerprint density at radius 2 is 2.00 bits per heavy atom. The molecular formula is C21H20ClN5O2S. The normalized spacial score (nSPS) is 15.0. The molecule has 0 aliphatic heterocycles. The summed E-state index contributed by atoms with van der Waals surface area (Å²) < 4.78 is 13.3. The Kier molecular flexibility index (Phi) is 5.59. The van der Waals surface area contributed by atoms with Gasteiger partial charge in [-0.15, -0.1) is 10.2 Å². The van der Waals surface area contributed by atoms with Crippen LogP contribution in [-0.2, 0) is 5.75 Å². The largest absolute Gasteiger partial charge is 0.461 e. The summed E-state index contributed by atoms with van der Waals surface area (Å²) in [5.41, 5.74) is 0.827. The summed E-state index contributed by atoms with van der Waals surface area (Å²) in [5.74, 6) is 3.09. The lowest BCUT2D eigenvalue weighted by Crippen LogP contribution is -2.15. The first-order valence-electron chi connectivity index (χ1n) is 9.98. The van der Waals surface area contributed by atoms with E-state index in [2.05, 4.69) is 24.9 Å². The zero-order valence-corrected chi connectivity index (χ0v) is 17.8. The molecule has 9 heteroatoms. The number of aromatic nitrogens is 5. The van der Waals surface area contributed by atoms with Gasteiger partial charge >= 0.3 is 0 Å². The maximum atomic E-state index is 6.06. The molecule has 1 saturated carbocycles. The van der Waals surface area contributed by atoms with Crippen LogP contribution in [0.25, 0.3) is 23.0 Å². The van der Waals surface area contributed by atoms with Crippen LogP contribution in [0.5, 0.6) is 0 Å². The molecular weight excluding hydrogens is 422 g/mol. The van der Waals surface area contributed by atoms with E-state index in [1.807, 2.05) is 36.4 Å². The molecule has 154 valence electrons. The quantitative estimate of drug-likeness (QED) is 0.337. The summed E-state index contributed by atoms with van der Waals surface area (Å²) in [6, 6.07) is 11.6. The summed E-state index contributed by atoms with van der Waals surface area (Å²) >= 11 is 7.61. The van der Waals surface area contributed by atoms with Crippen LogP contribution in [0.3, 0.4) is 0 Å². The van der Waals surface area contributed by atoms with Crippen molar-refractivity contribution in [2.75, 3.05) is 0 Å². The molecule has 0 unspecified atom stereocenters. The lowest BCUT2D eigenvalue weighted by Gasteiger charge is -2.25. The van der Waals surface area contributed by atoms with E-state index in [0.717, 1.165) is 35.1 Å². The molecule has 0 amide bonds. The van der Waals surface area contributed by atoms with Crippen LogP contribution in [0.15, 0.2) is 56.8 Å². The third kappa shape index (κ3) is 4.02. The van der Waals surface area contributed by atoms with Crippen LogP contribution in [0.4, 0.5) is 0 Å². The standard InChI is InChI=1S/C21H20ClN5O2S/c22-15-7-4-6-14(12-15)19-23-18(29-26-19)13-30-21-25-24-20(17-10-5-11-28-17)27(21)16-8-2-1-3-9-16/h4-7,10-12,16H,1-3,8-9,13H2. The topological polar surface area (TPSA) is 82.8 Å². The van der Waals surface area contributed by atoms with Crippen molar-refractivity contribution in [3.05, 3.63) is 53.6 Å². The Hall–Kier alpha value is -2.58. The molecule has 0 radical (unpaired) electrons. The van der Waals surface area contributed by atoms with Crippen molar-refractivity contribution in [3.63, 3.8) is 0 Å². The highest BCUT2D eigenvalue weighted by Gasteiger charge is 2.25. The van der Waals surface area contributed by atoms with Crippen molar-refractivity contribution in [2.45, 2.75) is 49.1 Å². The van der Waals surface area contributed by atoms with Crippen LogP contribution < -0.4 is 0 Å². The van der Waals surface area contributed by atoms with Crippen LogP contribution in [0, 0.1) is 0 Å². The van der Waals surface area contributed by atoms with Gasteiger partial charge in [0.15, 0.2) is 10.9 Å². The van der Waals surface area contributed by atoms with E-state index in [-0.39, 0.29) is 0 Å². The molecule has 30 heavy (non-hydrogen) atoms. The highest BCUT2D eigenvalue weighted by Crippen LogP contribution is 2.36. The minimum absolute atomic E-state index is 0.376. The van der Waals surface area contributed by atoms with E-state index in [0.29, 0.717) is 28.5 Å². The Morgan fingerprint density at radius 3 is 2.80 bits per heavy atom. The predicted octanol–water partition coefficient (Wildman–Crippen LogP) is 6.04. The van der Waals surface area contributed by atoms with Crippen LogP contribution >= 0.6 is 23.4 Å². The second-order valence-electron chi connectivity index (χ2n) is 7.26. The number of thioether (sulfide) groups is 1. The summed E-state index contributed by atoms with van der Waals surface area (Å²) in [5, 5.41) is 14.4. The fraction of sp³-hybridized carbons (Fsp3) is 0.333. The van der Waals surface area contributed by atoms with Crippen molar-refractivity contribution in [1.82, 2.24) is 24.9 Å². The van der Waals surface area contributed by atoms with Gasteiger partial charge < -0.3 is 8.94 Å². The molecule has 3 heterocycles. The number of furan rings is 1. The van der Waals surface area contributed by atoms with Crippen molar-refractivity contribution < 1.29 is 8.94 Å². The monoisotopic (exact) mass is 441 g/mol. The SMILES string of the molecule is Clc1cccc(-c2noc(CSc3nnc(-c4ccco4)n3C3CCCCC3)n2)c1. The van der Waals surface area contributed by atoms with Crippen molar-refractivity contribution >= 4 is 23.4 Å². The van der Waals surface area contributed by atoms with E-state index in [9.17, 15) is 0 Å². The zero-order valence-electron chi connectivity index (χ0n) is 16.2. The molecule has 0 N–H and O–H groups in total. The number of hydrogen-bond donors (Lipinski definition) is 0. The number of hydrogen-bond acceptors (Lipinski definition) is 7. The fourth-order valence-electron chi connectivity index (χ4n) is 3.80. The highest BCUT2D eigenvalue weighted by atomic mass is 35.5. The van der Waals surface area contributed by atoms with Gasteiger partial charge in [0.05, 0.1) is 12.0 Å². The van der Waals surface area contributed by atoms with Crippen LogP contribution in [-0.4, -0.2) is 24.9 Å². The Morgan fingerprint density at radius 1 is 1.10 bits per heavy atom. The van der Waals surface area contributed by atoms with Gasteiger partial charge in [0.2, 0.25) is 17.5 Å². The van der Waals surface area contributed by atoms with Gasteiger partial charge in [-0.2, -0.15) is 4.98 Å². The van der Waals surface area contributed by atoms with Gasteiger partial charge in [-0.25, -0.2) is 0 Å². The lowest BCUT2D eigenvalue weighted by molar-refractivity contribution is 0.337. The molecule has 5 rings (SSSR count). The van der Waals surface area contributed by atoms with E-state index in [1.54, 1.807) is 18.0 Å². The van der Waals surface area contributed by atoms with E-state index in [1.165, 1.54) is 19.3 Å². The minimum Gasteiger partial charge on any atom is -0.461 e. The first kappa shape index (κ1) is 19.4. The second kappa shape index (κ2) is 8.65. The molecule has 0 spiro atoms. The molecule has 4 aromatic rings. The molecule has 7 nitrogen and oxygen atoms in total. The summed E-state index contributed by atoms with van der Waals surface area (Å²) in [6.07, 6.45) is 7.63. The van der Waals surface area contributed by atoms with Crippen molar-refractivity contribution in [3.8, 4) is 23.0 Å². The van der Waals surface area contributed by atoms with Gasteiger partial charge in [-0.3, -0.25) is 4.57 Å². The van der Waals surface area contributed by atoms with Gasteiger partial charge in [-0.05, 0) is 37.1 Å². The van der Waals surface area contributed by atoms with Gasteiger partial charge in [0, 0.05) is 16.6 Å². The minimum atomic E-state index is 0.376. The average Bonchev–Trinajstić information content (AvgIpc) is 3.53. The van der Waals surface area contributed by atoms with Gasteiger partial charge in [0.1, 0.15) is 0 Å². The Labute approximate surface area is 182 Å². The second-order valence-corrected chi connectivity index (χ2v) is 8.63. The molecule has 3 aromatic heterocycles. The zero-order chi connectivity index (χ0) is 20.3. The molecule has 0 saturated heterocycles. The first-order chi connectivity index (χ1) is 14.8. The molecule has 1 aliphatic carbocycles. The third-order valence-corrected chi connectivity index (χ3v) is 6.38. The molecule has 1 aliphatic rings. The van der Waals surface area contributed by atoms with E-state index in [4.69, 9.17) is 20.5 Å². The van der Waals surface area contributed by atoms with Crippen molar-refractivity contribution in [2.24, 2.45) is 0 Å². The lowest BCUT2D eigenvalue weighted by atomic mass is 9.95. The van der Waals surface area contributed by atoms with Crippen LogP contribution in [0.1, 0.15) is 44.0 Å². The Bertz CT molecular complexity index is 1120. The summed E-state index contributed by atoms with van der Waals surface area (Å²) in [7, 11) is 0. The van der Waals surface area contributed by atoms with Crippen LogP contribution in [0.2, 0.25) is 5.02 Å². The number of benzene rings is 1. The predicted molar refractivity (Wildman–Crippen MR) is 114 cm³/mol. The number of halogens is 1. The third-order valence-electron chi connectivity index (χ3n) is 5.22.